The highest BCUT2D eigenvalue weighted by Crippen LogP contribution is 2.33. The molecule has 3 heteroatoms. The van der Waals surface area contributed by atoms with Crippen molar-refractivity contribution in [2.45, 2.75) is 27.7 Å². The summed E-state index contributed by atoms with van der Waals surface area (Å²) < 4.78 is 2.20. The molecule has 0 N–H and O–H groups in total. The Bertz CT molecular complexity index is 1940. The maximum Gasteiger partial charge on any atom is 0.235 e. The summed E-state index contributed by atoms with van der Waals surface area (Å²) >= 11 is 0. The van der Waals surface area contributed by atoms with Gasteiger partial charge >= 0.3 is 0 Å². The monoisotopic (exact) mass is 533 g/mol. The second kappa shape index (κ2) is 12.4. The number of hydrogen-bond acceptors (Lipinski definition) is 2. The van der Waals surface area contributed by atoms with Gasteiger partial charge in [0.05, 0.1) is 16.7 Å². The number of fused-ring (bicyclic) bond motifs is 4. The van der Waals surface area contributed by atoms with Crippen molar-refractivity contribution in [3.8, 4) is 17.2 Å². The summed E-state index contributed by atoms with van der Waals surface area (Å²) in [6.07, 6.45) is 5.86. The SMILES string of the molecule is C=C/C=C\c1c(C)ccc2c(-c3ccccc3)nc(-n3c(C)cccccc4ccc5ccccc5c43)nc12.CC. The van der Waals surface area contributed by atoms with E-state index in [0.29, 0.717) is 5.95 Å². The first-order valence-electron chi connectivity index (χ1n) is 14.1. The highest BCUT2D eigenvalue weighted by atomic mass is 15.2. The molecule has 0 atom stereocenters. The van der Waals surface area contributed by atoms with Gasteiger partial charge in [0.2, 0.25) is 5.95 Å². The third-order valence-electron chi connectivity index (χ3n) is 7.10. The summed E-state index contributed by atoms with van der Waals surface area (Å²) in [4.78, 5) is 10.6. The minimum atomic E-state index is 0.634. The Morgan fingerprint density at radius 3 is 2.10 bits per heavy atom. The molecule has 6 aromatic rings. The molecular formula is C38H35N3. The molecule has 2 aromatic heterocycles. The van der Waals surface area contributed by atoms with E-state index < -0.39 is 0 Å². The fourth-order valence-corrected chi connectivity index (χ4v) is 5.18. The second-order valence-corrected chi connectivity index (χ2v) is 9.64. The molecule has 2 heterocycles. The molecule has 0 bridgehead atoms. The molecule has 0 aliphatic rings. The van der Waals surface area contributed by atoms with E-state index in [9.17, 15) is 0 Å². The van der Waals surface area contributed by atoms with Gasteiger partial charge in [0, 0.05) is 27.6 Å². The molecule has 0 fully saturated rings. The van der Waals surface area contributed by atoms with Crippen molar-refractivity contribution in [1.82, 2.24) is 14.5 Å². The maximum atomic E-state index is 5.30. The van der Waals surface area contributed by atoms with Crippen LogP contribution in [0.25, 0.3) is 55.9 Å². The number of aromatic nitrogens is 3. The summed E-state index contributed by atoms with van der Waals surface area (Å²) in [7, 11) is 0. The molecule has 3 nitrogen and oxygen atoms in total. The standard InChI is InChI=1S/C36H29N3.C2H6/c1-4-5-19-30-25(2)21-24-32-33(28-16-9-7-10-17-28)37-36(38-34(30)32)39-26(3)14-8-6-11-18-29-23-22-27-15-12-13-20-31(27)35(29)39;1-2/h4-24H,1H2,2-3H3;1-2H3/b8-6?,18-11?,19-5-,26-14?;. The average molecular weight is 534 g/mol. The molecule has 0 unspecified atom stereocenters. The van der Waals surface area contributed by atoms with Crippen LogP contribution in [0.2, 0.25) is 0 Å². The Morgan fingerprint density at radius 2 is 1.32 bits per heavy atom. The molecule has 0 spiro atoms. The minimum absolute atomic E-state index is 0.634. The van der Waals surface area contributed by atoms with Gasteiger partial charge < -0.3 is 0 Å². The highest BCUT2D eigenvalue weighted by molar-refractivity contribution is 6.06. The van der Waals surface area contributed by atoms with Crippen LogP contribution in [-0.2, 0) is 0 Å². The quantitative estimate of drug-likeness (QED) is 0.211. The van der Waals surface area contributed by atoms with Gasteiger partial charge in [0.25, 0.3) is 0 Å². The molecule has 0 saturated carbocycles. The predicted molar refractivity (Wildman–Crippen MR) is 177 cm³/mol. The fourth-order valence-electron chi connectivity index (χ4n) is 5.18. The van der Waals surface area contributed by atoms with E-state index in [4.69, 9.17) is 9.97 Å². The molecule has 202 valence electrons. The van der Waals surface area contributed by atoms with Gasteiger partial charge in [-0.05, 0) is 36.2 Å². The lowest BCUT2D eigenvalue weighted by molar-refractivity contribution is 0.937. The first-order valence-corrected chi connectivity index (χ1v) is 14.1. The van der Waals surface area contributed by atoms with Gasteiger partial charge in [0.15, 0.2) is 0 Å². The predicted octanol–water partition coefficient (Wildman–Crippen LogP) is 10.4. The van der Waals surface area contributed by atoms with E-state index in [2.05, 4.69) is 134 Å². The van der Waals surface area contributed by atoms with Crippen molar-refractivity contribution in [1.29, 1.82) is 0 Å². The van der Waals surface area contributed by atoms with Crippen LogP contribution in [0.1, 0.15) is 30.7 Å². The van der Waals surface area contributed by atoms with Crippen molar-refractivity contribution < 1.29 is 0 Å². The highest BCUT2D eigenvalue weighted by Gasteiger charge is 2.16. The first-order chi connectivity index (χ1) is 20.2. The lowest BCUT2D eigenvalue weighted by Gasteiger charge is -2.17. The summed E-state index contributed by atoms with van der Waals surface area (Å²) in [6, 6.07) is 38.0. The molecule has 0 amide bonds. The fraction of sp³-hybridized carbons (Fsp3) is 0.105. The van der Waals surface area contributed by atoms with E-state index in [1.165, 1.54) is 5.39 Å². The molecule has 0 radical (unpaired) electrons. The Hall–Kier alpha value is -5.02. The Labute approximate surface area is 242 Å². The number of benzene rings is 4. The van der Waals surface area contributed by atoms with Gasteiger partial charge in [-0.15, -0.1) is 0 Å². The number of aryl methyl sites for hydroxylation is 2. The van der Waals surface area contributed by atoms with E-state index in [0.717, 1.165) is 55.3 Å². The van der Waals surface area contributed by atoms with Gasteiger partial charge in [-0.3, -0.25) is 4.57 Å². The van der Waals surface area contributed by atoms with Crippen LogP contribution in [-0.4, -0.2) is 14.5 Å². The Kier molecular flexibility index (Phi) is 8.36. The molecule has 0 saturated heterocycles. The average Bonchev–Trinajstić information content (AvgIpc) is 3.10. The third-order valence-corrected chi connectivity index (χ3v) is 7.10. The topological polar surface area (TPSA) is 30.7 Å². The molecule has 0 aliphatic heterocycles. The number of nitrogens with zero attached hydrogens (tertiary/aromatic N) is 3. The summed E-state index contributed by atoms with van der Waals surface area (Å²) in [6.45, 7) is 12.1. The van der Waals surface area contributed by atoms with Crippen molar-refractivity contribution in [2.75, 3.05) is 0 Å². The van der Waals surface area contributed by atoms with Crippen molar-refractivity contribution >= 4 is 38.7 Å². The van der Waals surface area contributed by atoms with E-state index >= 15 is 0 Å². The normalized spacial score (nSPS) is 10.9. The Balaban J connectivity index is 0.00000165. The van der Waals surface area contributed by atoms with Crippen LogP contribution in [0.4, 0.5) is 0 Å². The van der Waals surface area contributed by atoms with Crippen molar-refractivity contribution in [2.24, 2.45) is 0 Å². The van der Waals surface area contributed by atoms with E-state index in [1.807, 2.05) is 26.0 Å². The van der Waals surface area contributed by atoms with Gasteiger partial charge in [-0.25, -0.2) is 9.97 Å². The molecule has 4 aromatic carbocycles. The van der Waals surface area contributed by atoms with Crippen LogP contribution in [0.3, 0.4) is 0 Å². The largest absolute Gasteiger partial charge is 0.282 e. The van der Waals surface area contributed by atoms with E-state index in [-0.39, 0.29) is 0 Å². The van der Waals surface area contributed by atoms with E-state index in [1.54, 1.807) is 6.08 Å². The smallest absolute Gasteiger partial charge is 0.235 e. The van der Waals surface area contributed by atoms with Crippen LogP contribution in [0.5, 0.6) is 0 Å². The first kappa shape index (κ1) is 27.5. The van der Waals surface area contributed by atoms with Crippen LogP contribution in [0, 0.1) is 13.8 Å². The lowest BCUT2D eigenvalue weighted by atomic mass is 10.00. The lowest BCUT2D eigenvalue weighted by Crippen LogP contribution is -2.08. The zero-order valence-electron chi connectivity index (χ0n) is 24.2. The summed E-state index contributed by atoms with van der Waals surface area (Å²) in [5, 5.41) is 4.44. The third kappa shape index (κ3) is 5.39. The van der Waals surface area contributed by atoms with Gasteiger partial charge in [0.1, 0.15) is 0 Å². The van der Waals surface area contributed by atoms with Crippen molar-refractivity contribution in [3.05, 3.63) is 145 Å². The maximum absolute atomic E-state index is 5.30. The molecule has 6 rings (SSSR count). The minimum Gasteiger partial charge on any atom is -0.282 e. The summed E-state index contributed by atoms with van der Waals surface area (Å²) in [5.41, 5.74) is 7.19. The Morgan fingerprint density at radius 1 is 0.659 bits per heavy atom. The second-order valence-electron chi connectivity index (χ2n) is 9.64. The zero-order valence-corrected chi connectivity index (χ0v) is 24.2. The van der Waals surface area contributed by atoms with Crippen LogP contribution in [0.15, 0.2) is 128 Å². The number of hydrogen-bond donors (Lipinski definition) is 0. The van der Waals surface area contributed by atoms with Gasteiger partial charge in [-0.1, -0.05) is 142 Å². The summed E-state index contributed by atoms with van der Waals surface area (Å²) in [5.74, 6) is 0.634. The zero-order chi connectivity index (χ0) is 28.8. The molecular weight excluding hydrogens is 498 g/mol. The number of rotatable bonds is 4. The van der Waals surface area contributed by atoms with Crippen LogP contribution < -0.4 is 0 Å². The molecule has 0 aliphatic carbocycles. The van der Waals surface area contributed by atoms with Gasteiger partial charge in [-0.2, -0.15) is 0 Å². The van der Waals surface area contributed by atoms with Crippen molar-refractivity contribution in [3.63, 3.8) is 0 Å². The van der Waals surface area contributed by atoms with Crippen LogP contribution >= 0.6 is 0 Å². The molecule has 41 heavy (non-hydrogen) atoms. The number of allylic oxidation sites excluding steroid dienone is 2.